The number of hydrogen-bond donors (Lipinski definition) is 2. The Balaban J connectivity index is 0.00000210. The Morgan fingerprint density at radius 2 is 1.66 bits per heavy atom. The predicted octanol–water partition coefficient (Wildman–Crippen LogP) is 4.25. The first-order valence-corrected chi connectivity index (χ1v) is 10.7. The van der Waals surface area contributed by atoms with Crippen LogP contribution in [0.4, 0.5) is 4.79 Å². The van der Waals surface area contributed by atoms with E-state index in [1.54, 1.807) is 0 Å². The van der Waals surface area contributed by atoms with E-state index in [0.717, 1.165) is 36.8 Å². The highest BCUT2D eigenvalue weighted by Crippen LogP contribution is 2.30. The number of ether oxygens (including phenoxy) is 1. The highest BCUT2D eigenvalue weighted by molar-refractivity contribution is 5.85. The number of benzene rings is 1. The predicted molar refractivity (Wildman–Crippen MR) is 123 cm³/mol. The summed E-state index contributed by atoms with van der Waals surface area (Å²) in [5, 5.41) is 6.33. The molecule has 2 saturated heterocycles. The van der Waals surface area contributed by atoms with Crippen molar-refractivity contribution in [3.05, 3.63) is 35.9 Å². The molecule has 1 amide bonds. The van der Waals surface area contributed by atoms with Gasteiger partial charge in [-0.05, 0) is 88.6 Å². The minimum atomic E-state index is -0.318. The molecule has 0 aromatic heterocycles. The minimum absolute atomic E-state index is 0. The van der Waals surface area contributed by atoms with Crippen molar-refractivity contribution in [2.75, 3.05) is 39.3 Å². The number of unbranched alkanes of at least 4 members (excludes halogenated alkanes) is 1. The third-order valence-corrected chi connectivity index (χ3v) is 6.07. The van der Waals surface area contributed by atoms with Crippen LogP contribution in [0, 0.1) is 11.8 Å². The first kappa shape index (κ1) is 26.0. The Morgan fingerprint density at radius 1 is 1.00 bits per heavy atom. The molecule has 2 aliphatic heterocycles. The fourth-order valence-corrected chi connectivity index (χ4v) is 4.39. The van der Waals surface area contributed by atoms with E-state index in [2.05, 4.69) is 15.5 Å². The average molecular weight is 446 g/mol. The second-order valence-corrected chi connectivity index (χ2v) is 7.96. The van der Waals surface area contributed by atoms with E-state index in [9.17, 15) is 4.79 Å². The van der Waals surface area contributed by atoms with E-state index in [1.165, 1.54) is 51.9 Å². The Kier molecular flexibility index (Phi) is 13.4. The van der Waals surface area contributed by atoms with Gasteiger partial charge in [-0.1, -0.05) is 30.3 Å². The summed E-state index contributed by atoms with van der Waals surface area (Å²) in [6.07, 6.45) is 7.31. The maximum atomic E-state index is 11.7. The molecule has 1 aromatic rings. The summed E-state index contributed by atoms with van der Waals surface area (Å²) >= 11 is 0. The normalized spacial score (nSPS) is 18.3. The van der Waals surface area contributed by atoms with Gasteiger partial charge in [-0.3, -0.25) is 0 Å². The van der Waals surface area contributed by atoms with Crippen LogP contribution in [0.5, 0.6) is 0 Å². The van der Waals surface area contributed by atoms with Crippen LogP contribution in [0.3, 0.4) is 0 Å². The van der Waals surface area contributed by atoms with E-state index in [0.29, 0.717) is 13.2 Å². The van der Waals surface area contributed by atoms with E-state index in [4.69, 9.17) is 4.74 Å². The molecule has 0 saturated carbocycles. The molecule has 2 N–H and O–H groups in total. The highest BCUT2D eigenvalue weighted by atomic mass is 35.5. The smallest absolute Gasteiger partial charge is 0.407 e. The molecule has 1 aromatic carbocycles. The number of alkyl carbamates (subject to hydrolysis) is 1. The largest absolute Gasteiger partial charge is 0.445 e. The molecule has 7 heteroatoms. The Morgan fingerprint density at radius 3 is 2.34 bits per heavy atom. The molecule has 2 aliphatic rings. The molecular weight excluding hydrogens is 409 g/mol. The summed E-state index contributed by atoms with van der Waals surface area (Å²) in [6, 6.07) is 9.78. The van der Waals surface area contributed by atoms with Gasteiger partial charge in [0.25, 0.3) is 0 Å². The molecule has 0 unspecified atom stereocenters. The number of halogens is 2. The first-order chi connectivity index (χ1) is 13.3. The molecule has 2 fully saturated rings. The van der Waals surface area contributed by atoms with Crippen molar-refractivity contribution in [2.24, 2.45) is 11.8 Å². The number of rotatable bonds is 8. The zero-order valence-corrected chi connectivity index (χ0v) is 18.9. The van der Waals surface area contributed by atoms with Gasteiger partial charge in [-0.25, -0.2) is 4.79 Å². The van der Waals surface area contributed by atoms with Gasteiger partial charge < -0.3 is 20.3 Å². The summed E-state index contributed by atoms with van der Waals surface area (Å²) in [5.74, 6) is 1.91. The molecule has 0 aliphatic carbocycles. The van der Waals surface area contributed by atoms with E-state index in [-0.39, 0.29) is 30.9 Å². The number of carbonyl (C=O) groups excluding carboxylic acids is 1. The van der Waals surface area contributed by atoms with Crippen LogP contribution in [-0.4, -0.2) is 50.3 Å². The molecule has 29 heavy (non-hydrogen) atoms. The lowest BCUT2D eigenvalue weighted by molar-refractivity contribution is 0.128. The quantitative estimate of drug-likeness (QED) is 0.587. The van der Waals surface area contributed by atoms with E-state index >= 15 is 0 Å². The minimum Gasteiger partial charge on any atom is -0.445 e. The summed E-state index contributed by atoms with van der Waals surface area (Å²) < 4.78 is 5.23. The van der Waals surface area contributed by atoms with Crippen LogP contribution in [0.2, 0.25) is 0 Å². The maximum Gasteiger partial charge on any atom is 0.407 e. The molecule has 0 atom stereocenters. The summed E-state index contributed by atoms with van der Waals surface area (Å²) in [6.45, 7) is 7.11. The lowest BCUT2D eigenvalue weighted by Crippen LogP contribution is -2.39. The SMILES string of the molecule is Cl.Cl.O=C(NCCCCN1CCC(C2CCNCC2)CC1)OCc1ccccc1. The van der Waals surface area contributed by atoms with Crippen molar-refractivity contribution in [3.63, 3.8) is 0 Å². The second-order valence-electron chi connectivity index (χ2n) is 7.96. The van der Waals surface area contributed by atoms with Gasteiger partial charge in [-0.2, -0.15) is 0 Å². The number of amides is 1. The average Bonchev–Trinajstić information content (AvgIpc) is 2.74. The molecule has 0 spiro atoms. The third-order valence-electron chi connectivity index (χ3n) is 6.07. The van der Waals surface area contributed by atoms with E-state index in [1.807, 2.05) is 30.3 Å². The van der Waals surface area contributed by atoms with Crippen LogP contribution in [-0.2, 0) is 11.3 Å². The first-order valence-electron chi connectivity index (χ1n) is 10.7. The number of likely N-dealkylation sites (tertiary alicyclic amines) is 1. The van der Waals surface area contributed by atoms with Gasteiger partial charge in [-0.15, -0.1) is 24.8 Å². The molecule has 3 rings (SSSR count). The maximum absolute atomic E-state index is 11.7. The molecular formula is C22H37Cl2N3O2. The van der Waals surface area contributed by atoms with Crippen molar-refractivity contribution < 1.29 is 9.53 Å². The van der Waals surface area contributed by atoms with Crippen LogP contribution in [0.15, 0.2) is 30.3 Å². The Bertz CT molecular complexity index is 548. The number of piperidine rings is 2. The molecule has 0 bridgehead atoms. The van der Waals surface area contributed by atoms with Crippen LogP contribution in [0.25, 0.3) is 0 Å². The van der Waals surface area contributed by atoms with Gasteiger partial charge in [0.2, 0.25) is 0 Å². The van der Waals surface area contributed by atoms with Gasteiger partial charge in [0.15, 0.2) is 0 Å². The second kappa shape index (κ2) is 14.9. The lowest BCUT2D eigenvalue weighted by Gasteiger charge is -2.37. The van der Waals surface area contributed by atoms with Crippen molar-refractivity contribution in [2.45, 2.75) is 45.1 Å². The van der Waals surface area contributed by atoms with Gasteiger partial charge >= 0.3 is 6.09 Å². The standard InChI is InChI=1S/C22H35N3O2.2ClH/c26-22(27-18-19-6-2-1-3-7-19)24-12-4-5-15-25-16-10-21(11-17-25)20-8-13-23-14-9-20;;/h1-3,6-7,20-21,23H,4-5,8-18H2,(H,24,26);2*1H. The summed E-state index contributed by atoms with van der Waals surface area (Å²) in [7, 11) is 0. The number of nitrogens with one attached hydrogen (secondary N) is 2. The monoisotopic (exact) mass is 445 g/mol. The Hall–Kier alpha value is -1.01. The van der Waals surface area contributed by atoms with Crippen LogP contribution in [0.1, 0.15) is 44.1 Å². The lowest BCUT2D eigenvalue weighted by atomic mass is 9.79. The molecule has 5 nitrogen and oxygen atoms in total. The van der Waals surface area contributed by atoms with Crippen molar-refractivity contribution in [1.29, 1.82) is 0 Å². The number of carbonyl (C=O) groups is 1. The van der Waals surface area contributed by atoms with Gasteiger partial charge in [0.05, 0.1) is 0 Å². The Labute approximate surface area is 188 Å². The van der Waals surface area contributed by atoms with Crippen LogP contribution >= 0.6 is 24.8 Å². The van der Waals surface area contributed by atoms with Crippen molar-refractivity contribution in [1.82, 2.24) is 15.5 Å². The summed E-state index contributed by atoms with van der Waals surface area (Å²) in [5.41, 5.74) is 1.01. The van der Waals surface area contributed by atoms with Gasteiger partial charge in [0.1, 0.15) is 6.61 Å². The van der Waals surface area contributed by atoms with Crippen molar-refractivity contribution in [3.8, 4) is 0 Å². The zero-order chi connectivity index (χ0) is 18.7. The number of nitrogens with zero attached hydrogens (tertiary/aromatic N) is 1. The summed E-state index contributed by atoms with van der Waals surface area (Å²) in [4.78, 5) is 14.3. The molecule has 0 radical (unpaired) electrons. The topological polar surface area (TPSA) is 53.6 Å². The van der Waals surface area contributed by atoms with Crippen molar-refractivity contribution >= 4 is 30.9 Å². The molecule has 2 heterocycles. The third kappa shape index (κ3) is 9.56. The zero-order valence-electron chi connectivity index (χ0n) is 17.3. The molecule has 166 valence electrons. The fourth-order valence-electron chi connectivity index (χ4n) is 4.39. The highest BCUT2D eigenvalue weighted by Gasteiger charge is 2.27. The van der Waals surface area contributed by atoms with Gasteiger partial charge in [0, 0.05) is 6.54 Å². The number of hydrogen-bond acceptors (Lipinski definition) is 4. The van der Waals surface area contributed by atoms with Crippen LogP contribution < -0.4 is 10.6 Å². The van der Waals surface area contributed by atoms with E-state index < -0.39 is 0 Å². The fraction of sp³-hybridized carbons (Fsp3) is 0.682.